The average molecular weight is 375 g/mol. The number of carbonyl (C=O) groups is 2. The van der Waals surface area contributed by atoms with Gasteiger partial charge in [-0.15, -0.1) is 0 Å². The number of hydrogen-bond donors (Lipinski definition) is 1. The summed E-state index contributed by atoms with van der Waals surface area (Å²) in [5.74, 6) is -1.53. The lowest BCUT2D eigenvalue weighted by Gasteiger charge is -2.29. The summed E-state index contributed by atoms with van der Waals surface area (Å²) in [6.07, 6.45) is 0. The molecule has 0 heterocycles. The molecule has 0 bridgehead atoms. The average Bonchev–Trinajstić information content (AvgIpc) is 2.62. The van der Waals surface area contributed by atoms with Crippen molar-refractivity contribution in [2.45, 2.75) is 31.7 Å². The van der Waals surface area contributed by atoms with E-state index in [1.807, 2.05) is 13.8 Å². The lowest BCUT2D eigenvalue weighted by molar-refractivity contribution is 0.0526. The Morgan fingerprint density at radius 1 is 1.15 bits per heavy atom. The van der Waals surface area contributed by atoms with Crippen LogP contribution >= 0.6 is 0 Å². The van der Waals surface area contributed by atoms with Gasteiger partial charge in [-0.25, -0.2) is 9.59 Å². The highest BCUT2D eigenvalue weighted by Crippen LogP contribution is 2.27. The van der Waals surface area contributed by atoms with Crippen molar-refractivity contribution in [3.05, 3.63) is 59.7 Å². The van der Waals surface area contributed by atoms with Gasteiger partial charge in [-0.1, -0.05) is 12.1 Å². The summed E-state index contributed by atoms with van der Waals surface area (Å²) >= 11 is -1.64. The van der Waals surface area contributed by atoms with E-state index in [1.54, 1.807) is 47.6 Å². The molecule has 138 valence electrons. The number of anilines is 1. The third kappa shape index (κ3) is 4.56. The number of carboxylic acids is 1. The number of carbonyl (C=O) groups excluding carboxylic acids is 1. The molecular weight excluding hydrogens is 354 g/mol. The summed E-state index contributed by atoms with van der Waals surface area (Å²) < 4.78 is 19.7. The number of esters is 1. The molecule has 0 spiro atoms. The molecule has 1 N–H and O–H groups in total. The molecule has 0 amide bonds. The summed E-state index contributed by atoms with van der Waals surface area (Å²) in [5, 5.41) is 9.14. The third-order valence-corrected chi connectivity index (χ3v) is 5.19. The Kier molecular flexibility index (Phi) is 6.65. The van der Waals surface area contributed by atoms with Gasteiger partial charge in [0.05, 0.1) is 29.5 Å². The minimum atomic E-state index is -1.64. The zero-order valence-corrected chi connectivity index (χ0v) is 15.7. The van der Waals surface area contributed by atoms with Crippen LogP contribution in [0.4, 0.5) is 5.69 Å². The van der Waals surface area contributed by atoms with Gasteiger partial charge in [-0.3, -0.25) is 0 Å². The molecule has 0 aliphatic carbocycles. The van der Waals surface area contributed by atoms with Crippen LogP contribution in [0.15, 0.2) is 53.4 Å². The largest absolute Gasteiger partial charge is 0.588 e. The van der Waals surface area contributed by atoms with Gasteiger partial charge in [0.1, 0.15) is 11.4 Å². The predicted molar refractivity (Wildman–Crippen MR) is 99.8 cm³/mol. The van der Waals surface area contributed by atoms with E-state index >= 15 is 0 Å². The van der Waals surface area contributed by atoms with E-state index in [-0.39, 0.29) is 18.2 Å². The Labute approximate surface area is 155 Å². The van der Waals surface area contributed by atoms with E-state index in [9.17, 15) is 14.1 Å². The fraction of sp³-hybridized carbons (Fsp3) is 0.263. The van der Waals surface area contributed by atoms with Gasteiger partial charge in [-0.2, -0.15) is 4.31 Å². The van der Waals surface area contributed by atoms with Crippen LogP contribution in [0.3, 0.4) is 0 Å². The highest BCUT2D eigenvalue weighted by atomic mass is 32.2. The molecule has 1 unspecified atom stereocenters. The van der Waals surface area contributed by atoms with E-state index in [2.05, 4.69) is 0 Å². The summed E-state index contributed by atoms with van der Waals surface area (Å²) in [6, 6.07) is 12.6. The highest BCUT2D eigenvalue weighted by molar-refractivity contribution is 7.92. The van der Waals surface area contributed by atoms with Gasteiger partial charge in [-0.05, 0) is 51.1 Å². The first kappa shape index (κ1) is 19.8. The SMILES string of the molecule is CCOC(=O)c1cccc(N(C(C)C)[S+]([O-])c2cccc(C(=O)O)c2)c1. The van der Waals surface area contributed by atoms with Gasteiger partial charge in [0, 0.05) is 6.07 Å². The molecule has 26 heavy (non-hydrogen) atoms. The smallest absolute Gasteiger partial charge is 0.338 e. The van der Waals surface area contributed by atoms with E-state index < -0.39 is 23.3 Å². The van der Waals surface area contributed by atoms with Crippen molar-refractivity contribution in [3.8, 4) is 0 Å². The molecule has 7 heteroatoms. The summed E-state index contributed by atoms with van der Waals surface area (Å²) in [4.78, 5) is 23.5. The highest BCUT2D eigenvalue weighted by Gasteiger charge is 2.27. The quantitative estimate of drug-likeness (QED) is 0.588. The van der Waals surface area contributed by atoms with Crippen LogP contribution in [0, 0.1) is 0 Å². The number of carboxylic acid groups (broad SMARTS) is 1. The van der Waals surface area contributed by atoms with E-state index in [0.29, 0.717) is 16.1 Å². The maximum absolute atomic E-state index is 13.1. The predicted octanol–water partition coefficient (Wildman–Crippen LogP) is 3.50. The number of hydrogen-bond acceptors (Lipinski definition) is 5. The topological polar surface area (TPSA) is 89.9 Å². The molecular formula is C19H21NO5S. The Hall–Kier alpha value is -2.51. The van der Waals surface area contributed by atoms with Crippen molar-refractivity contribution in [1.82, 2.24) is 0 Å². The van der Waals surface area contributed by atoms with Gasteiger partial charge in [0.2, 0.25) is 0 Å². The maximum atomic E-state index is 13.1. The van der Waals surface area contributed by atoms with Crippen LogP contribution < -0.4 is 4.31 Å². The standard InChI is InChI=1S/C19H21NO5S/c1-4-25-19(23)15-8-5-9-16(11-15)20(13(2)3)26(24)17-10-6-7-14(12-17)18(21)22/h5-13H,4H2,1-3H3,(H,21,22). The monoisotopic (exact) mass is 375 g/mol. The maximum Gasteiger partial charge on any atom is 0.338 e. The Morgan fingerprint density at radius 2 is 1.81 bits per heavy atom. The normalized spacial score (nSPS) is 11.9. The third-order valence-electron chi connectivity index (χ3n) is 3.54. The first-order valence-corrected chi connectivity index (χ1v) is 9.27. The zero-order chi connectivity index (χ0) is 19.3. The van der Waals surface area contributed by atoms with Crippen LogP contribution in [-0.2, 0) is 16.1 Å². The van der Waals surface area contributed by atoms with Crippen molar-refractivity contribution < 1.29 is 24.0 Å². The Balaban J connectivity index is 2.40. The van der Waals surface area contributed by atoms with Crippen LogP contribution in [0.25, 0.3) is 0 Å². The second kappa shape index (κ2) is 8.73. The van der Waals surface area contributed by atoms with E-state index in [0.717, 1.165) is 0 Å². The summed E-state index contributed by atoms with van der Waals surface area (Å²) in [7, 11) is 0. The molecule has 1 atom stereocenters. The molecule has 2 aromatic rings. The van der Waals surface area contributed by atoms with Crippen molar-refractivity contribution in [1.29, 1.82) is 0 Å². The lowest BCUT2D eigenvalue weighted by atomic mass is 10.2. The molecule has 0 radical (unpaired) electrons. The molecule has 0 saturated carbocycles. The first-order chi connectivity index (χ1) is 12.3. The lowest BCUT2D eigenvalue weighted by Crippen LogP contribution is -2.37. The van der Waals surface area contributed by atoms with Crippen molar-refractivity contribution in [2.24, 2.45) is 0 Å². The number of ether oxygens (including phenoxy) is 1. The molecule has 0 aliphatic rings. The summed E-state index contributed by atoms with van der Waals surface area (Å²) in [6.45, 7) is 5.74. The van der Waals surface area contributed by atoms with Crippen LogP contribution in [-0.4, -0.2) is 34.2 Å². The molecule has 0 fully saturated rings. The van der Waals surface area contributed by atoms with E-state index in [4.69, 9.17) is 9.84 Å². The van der Waals surface area contributed by atoms with Crippen LogP contribution in [0.1, 0.15) is 41.5 Å². The molecule has 0 aromatic heterocycles. The number of benzene rings is 2. The Bertz CT molecular complexity index is 793. The Morgan fingerprint density at radius 3 is 2.42 bits per heavy atom. The van der Waals surface area contributed by atoms with Gasteiger partial charge in [0.15, 0.2) is 4.90 Å². The second-order valence-electron chi connectivity index (χ2n) is 5.77. The van der Waals surface area contributed by atoms with Crippen LogP contribution in [0.5, 0.6) is 0 Å². The fourth-order valence-electron chi connectivity index (χ4n) is 2.42. The molecule has 0 aliphatic heterocycles. The summed E-state index contributed by atoms with van der Waals surface area (Å²) in [5.41, 5.74) is 1.02. The fourth-order valence-corrected chi connectivity index (χ4v) is 3.76. The molecule has 0 saturated heterocycles. The van der Waals surface area contributed by atoms with E-state index in [1.165, 1.54) is 12.1 Å². The minimum absolute atomic E-state index is 0.0693. The van der Waals surface area contributed by atoms with Crippen molar-refractivity contribution >= 4 is 29.0 Å². The van der Waals surface area contributed by atoms with Crippen molar-refractivity contribution in [3.63, 3.8) is 0 Å². The number of rotatable bonds is 7. The zero-order valence-electron chi connectivity index (χ0n) is 14.8. The first-order valence-electron chi connectivity index (χ1n) is 8.16. The van der Waals surface area contributed by atoms with Crippen molar-refractivity contribution in [2.75, 3.05) is 10.9 Å². The van der Waals surface area contributed by atoms with Gasteiger partial charge in [0.25, 0.3) is 0 Å². The molecule has 6 nitrogen and oxygen atoms in total. The second-order valence-corrected chi connectivity index (χ2v) is 7.14. The molecule has 2 rings (SSSR count). The van der Waals surface area contributed by atoms with Crippen LogP contribution in [0.2, 0.25) is 0 Å². The van der Waals surface area contributed by atoms with Gasteiger partial charge >= 0.3 is 11.9 Å². The number of aromatic carboxylic acids is 1. The van der Waals surface area contributed by atoms with Gasteiger partial charge < -0.3 is 14.4 Å². The minimum Gasteiger partial charge on any atom is -0.588 e. The molecule has 2 aromatic carbocycles. The number of nitrogens with zero attached hydrogens (tertiary/aromatic N) is 1.